The Morgan fingerprint density at radius 1 is 1.31 bits per heavy atom. The number of methoxy groups -OCH3 is 1. The third-order valence-electron chi connectivity index (χ3n) is 4.99. The van der Waals surface area contributed by atoms with Crippen molar-refractivity contribution < 1.29 is 32.2 Å². The molecule has 2 aromatic heterocycles. The molecule has 1 fully saturated rings. The van der Waals surface area contributed by atoms with Crippen LogP contribution in [-0.2, 0) is 16.5 Å². The molecule has 1 amide bonds. The van der Waals surface area contributed by atoms with Crippen LogP contribution in [0.3, 0.4) is 0 Å². The van der Waals surface area contributed by atoms with E-state index in [4.69, 9.17) is 25.8 Å². The Labute approximate surface area is 187 Å². The molecule has 4 heterocycles. The van der Waals surface area contributed by atoms with Crippen LogP contribution in [0.4, 0.5) is 18.3 Å². The topological polar surface area (TPSA) is 95.5 Å². The van der Waals surface area contributed by atoms with Crippen LogP contribution in [0.2, 0.25) is 5.15 Å². The minimum atomic E-state index is -4.51. The number of halogens is 4. The van der Waals surface area contributed by atoms with Crippen LogP contribution >= 0.6 is 22.9 Å². The standard InChI is InChI=1S/C19H12ClF3N4O4S/c1-29-16-11(14(20)24-7-25-16)15(28)27-17-26-12-9-3-2-8(19(21,22)23)4-10(9)31-18(5-30-6-18)13(12)32-17/h2-4,7H,5-6H2,1H3,(H,26,27,28). The van der Waals surface area contributed by atoms with Crippen molar-refractivity contribution in [1.29, 1.82) is 0 Å². The molecule has 0 bridgehead atoms. The van der Waals surface area contributed by atoms with Crippen molar-refractivity contribution in [2.45, 2.75) is 11.8 Å². The van der Waals surface area contributed by atoms with Gasteiger partial charge in [0.25, 0.3) is 5.91 Å². The molecular formula is C19H12ClF3N4O4S. The van der Waals surface area contributed by atoms with Crippen molar-refractivity contribution in [3.05, 3.63) is 45.7 Å². The molecule has 0 atom stereocenters. The number of alkyl halides is 3. The number of benzene rings is 1. The van der Waals surface area contributed by atoms with Gasteiger partial charge in [0.1, 0.15) is 22.8 Å². The summed E-state index contributed by atoms with van der Waals surface area (Å²) in [5.74, 6) is -0.605. The van der Waals surface area contributed by atoms with E-state index in [0.29, 0.717) is 16.1 Å². The number of carbonyl (C=O) groups excluding carboxylic acids is 1. The number of ether oxygens (including phenoxy) is 3. The molecule has 0 unspecified atom stereocenters. The van der Waals surface area contributed by atoms with Gasteiger partial charge in [0.2, 0.25) is 5.88 Å². The maximum Gasteiger partial charge on any atom is 0.416 e. The van der Waals surface area contributed by atoms with Crippen LogP contribution < -0.4 is 14.8 Å². The summed E-state index contributed by atoms with van der Waals surface area (Å²) in [6.07, 6.45) is -3.36. The fraction of sp³-hybridized carbons (Fsp3) is 0.263. The first-order chi connectivity index (χ1) is 15.2. The van der Waals surface area contributed by atoms with Crippen LogP contribution in [-0.4, -0.2) is 41.2 Å². The first kappa shape index (κ1) is 20.9. The molecular weight excluding hydrogens is 473 g/mol. The van der Waals surface area contributed by atoms with Gasteiger partial charge in [-0.15, -0.1) is 0 Å². The zero-order chi connectivity index (χ0) is 22.7. The first-order valence-electron chi connectivity index (χ1n) is 9.07. The van der Waals surface area contributed by atoms with Crippen molar-refractivity contribution in [3.8, 4) is 22.9 Å². The molecule has 0 aliphatic carbocycles. The van der Waals surface area contributed by atoms with Gasteiger partial charge >= 0.3 is 6.18 Å². The van der Waals surface area contributed by atoms with E-state index in [1.165, 1.54) is 13.2 Å². The van der Waals surface area contributed by atoms with Gasteiger partial charge in [-0.3, -0.25) is 10.1 Å². The average Bonchev–Trinajstić information content (AvgIpc) is 3.14. The van der Waals surface area contributed by atoms with Gasteiger partial charge in [0.15, 0.2) is 10.7 Å². The fourth-order valence-electron chi connectivity index (χ4n) is 3.43. The minimum Gasteiger partial charge on any atom is -0.480 e. The van der Waals surface area contributed by atoms with Crippen molar-refractivity contribution in [2.24, 2.45) is 0 Å². The molecule has 1 aromatic carbocycles. The Bertz CT molecular complexity index is 1250. The van der Waals surface area contributed by atoms with Crippen molar-refractivity contribution in [3.63, 3.8) is 0 Å². The van der Waals surface area contributed by atoms with Crippen LogP contribution in [0.5, 0.6) is 11.6 Å². The first-order valence-corrected chi connectivity index (χ1v) is 10.3. The van der Waals surface area contributed by atoms with E-state index in [-0.39, 0.29) is 40.7 Å². The van der Waals surface area contributed by atoms with Crippen molar-refractivity contribution in [2.75, 3.05) is 25.6 Å². The molecule has 1 saturated heterocycles. The predicted molar refractivity (Wildman–Crippen MR) is 107 cm³/mol. The Morgan fingerprint density at radius 2 is 2.09 bits per heavy atom. The lowest BCUT2D eigenvalue weighted by Crippen LogP contribution is -2.52. The maximum atomic E-state index is 13.2. The molecule has 166 valence electrons. The Balaban J connectivity index is 1.54. The molecule has 1 N–H and O–H groups in total. The van der Waals surface area contributed by atoms with E-state index < -0.39 is 23.2 Å². The molecule has 8 nitrogen and oxygen atoms in total. The fourth-order valence-corrected chi connectivity index (χ4v) is 4.71. The number of fused-ring (bicyclic) bond motifs is 4. The molecule has 32 heavy (non-hydrogen) atoms. The number of hydrogen-bond acceptors (Lipinski definition) is 8. The molecule has 1 spiro atoms. The maximum absolute atomic E-state index is 13.2. The largest absolute Gasteiger partial charge is 0.480 e. The third kappa shape index (κ3) is 3.26. The Morgan fingerprint density at radius 3 is 2.75 bits per heavy atom. The number of carbonyl (C=O) groups is 1. The summed E-state index contributed by atoms with van der Waals surface area (Å²) >= 11 is 7.17. The predicted octanol–water partition coefficient (Wildman–Crippen LogP) is 4.15. The van der Waals surface area contributed by atoms with Crippen molar-refractivity contribution in [1.82, 2.24) is 15.0 Å². The Kier molecular flexibility index (Phi) is 4.76. The van der Waals surface area contributed by atoms with Gasteiger partial charge < -0.3 is 14.2 Å². The van der Waals surface area contributed by atoms with Gasteiger partial charge in [-0.25, -0.2) is 15.0 Å². The second kappa shape index (κ2) is 7.29. The summed E-state index contributed by atoms with van der Waals surface area (Å²) < 4.78 is 55.8. The summed E-state index contributed by atoms with van der Waals surface area (Å²) in [6.45, 7) is 0.300. The lowest BCUT2D eigenvalue weighted by molar-refractivity contribution is -0.167. The molecule has 0 radical (unpaired) electrons. The van der Waals surface area contributed by atoms with Crippen LogP contribution in [0.1, 0.15) is 20.8 Å². The molecule has 2 aliphatic rings. The zero-order valence-corrected chi connectivity index (χ0v) is 17.7. The lowest BCUT2D eigenvalue weighted by Gasteiger charge is -2.43. The van der Waals surface area contributed by atoms with E-state index in [1.807, 2.05) is 0 Å². The lowest BCUT2D eigenvalue weighted by atomic mass is 9.91. The number of hydrogen-bond donors (Lipinski definition) is 1. The molecule has 3 aromatic rings. The number of amides is 1. The van der Waals surface area contributed by atoms with Gasteiger partial charge in [-0.1, -0.05) is 22.9 Å². The molecule has 5 rings (SSSR count). The number of anilines is 1. The molecule has 0 saturated carbocycles. The number of nitrogens with zero attached hydrogens (tertiary/aromatic N) is 3. The summed E-state index contributed by atoms with van der Waals surface area (Å²) in [6, 6.07) is 3.21. The van der Waals surface area contributed by atoms with Crippen LogP contribution in [0.15, 0.2) is 24.5 Å². The summed E-state index contributed by atoms with van der Waals surface area (Å²) in [5, 5.41) is 2.73. The number of nitrogens with one attached hydrogen (secondary N) is 1. The number of thiazole rings is 1. The minimum absolute atomic E-state index is 0.0129. The van der Waals surface area contributed by atoms with Crippen LogP contribution in [0.25, 0.3) is 11.3 Å². The van der Waals surface area contributed by atoms with Gasteiger partial charge in [-0.05, 0) is 18.2 Å². The highest BCUT2D eigenvalue weighted by Crippen LogP contribution is 2.52. The van der Waals surface area contributed by atoms with Gasteiger partial charge in [0, 0.05) is 5.56 Å². The highest BCUT2D eigenvalue weighted by Gasteiger charge is 2.50. The SMILES string of the molecule is COc1ncnc(Cl)c1C(=O)Nc1nc2c(s1)C1(COC1)Oc1cc(C(F)(F)F)ccc1-2. The van der Waals surface area contributed by atoms with E-state index in [9.17, 15) is 18.0 Å². The third-order valence-corrected chi connectivity index (χ3v) is 6.43. The highest BCUT2D eigenvalue weighted by molar-refractivity contribution is 7.16. The smallest absolute Gasteiger partial charge is 0.416 e. The van der Waals surface area contributed by atoms with E-state index in [2.05, 4.69) is 20.3 Å². The second-order valence-electron chi connectivity index (χ2n) is 7.00. The van der Waals surface area contributed by atoms with Gasteiger partial charge in [0.05, 0.1) is 36.5 Å². The second-order valence-corrected chi connectivity index (χ2v) is 8.35. The summed E-state index contributed by atoms with van der Waals surface area (Å²) in [7, 11) is 1.33. The number of aromatic nitrogens is 3. The van der Waals surface area contributed by atoms with E-state index in [1.54, 1.807) is 0 Å². The number of rotatable bonds is 3. The normalized spacial score (nSPS) is 15.9. The van der Waals surface area contributed by atoms with Crippen molar-refractivity contribution >= 4 is 34.0 Å². The van der Waals surface area contributed by atoms with Crippen LogP contribution in [0, 0.1) is 0 Å². The van der Waals surface area contributed by atoms with Gasteiger partial charge in [-0.2, -0.15) is 13.2 Å². The van der Waals surface area contributed by atoms with E-state index in [0.717, 1.165) is 29.8 Å². The average molecular weight is 485 g/mol. The molecule has 13 heteroatoms. The summed E-state index contributed by atoms with van der Waals surface area (Å²) in [4.78, 5) is 25.6. The van der Waals surface area contributed by atoms with E-state index >= 15 is 0 Å². The monoisotopic (exact) mass is 484 g/mol. The zero-order valence-electron chi connectivity index (χ0n) is 16.1. The summed E-state index contributed by atoms with van der Waals surface area (Å²) in [5.41, 5.74) is -1.05. The highest BCUT2D eigenvalue weighted by atomic mass is 35.5. The molecule has 2 aliphatic heterocycles. The quantitative estimate of drug-likeness (QED) is 0.558. The Hall–Kier alpha value is -2.96.